The number of azo groups is 1. The number of hydrogen-bond donors (Lipinski definition) is 3. The molecule has 366 valence electrons. The number of benzene rings is 4. The molecular weight excluding hydrogens is 1180 g/mol. The first-order valence-corrected chi connectivity index (χ1v) is 26.4. The molecule has 1 unspecified atom stereocenters. The zero-order valence-electron chi connectivity index (χ0n) is 38.4. The summed E-state index contributed by atoms with van der Waals surface area (Å²) >= 11 is 6.04. The molecule has 0 radical (unpaired) electrons. The largest absolute Gasteiger partial charge is 1.00 e. The van der Waals surface area contributed by atoms with E-state index in [0.29, 0.717) is 24.3 Å². The van der Waals surface area contributed by atoms with E-state index in [1.54, 1.807) is 0 Å². The van der Waals surface area contributed by atoms with Gasteiger partial charge < -0.3 is 38.7 Å². The Labute approximate surface area is 530 Å². The van der Waals surface area contributed by atoms with Crippen LogP contribution in [0, 0.1) is 0 Å². The van der Waals surface area contributed by atoms with Crippen molar-refractivity contribution in [1.82, 2.24) is 15.0 Å². The number of carbonyl (C=O) groups excluding carboxylic acids is 1. The number of ether oxygens (including phenoxy) is 1. The molecule has 0 aliphatic heterocycles. The Morgan fingerprint density at radius 2 is 1.29 bits per heavy atom. The second-order valence-electron chi connectivity index (χ2n) is 13.1. The van der Waals surface area contributed by atoms with Crippen molar-refractivity contribution >= 4 is 129 Å². The van der Waals surface area contributed by atoms with Gasteiger partial charge in [0.15, 0.2) is 21.7 Å². The molecule has 0 saturated carbocycles. The predicted octanol–water partition coefficient (Wildman–Crippen LogP) is -14.5. The van der Waals surface area contributed by atoms with Crippen molar-refractivity contribution in [3.8, 4) is 5.75 Å². The Kier molecular flexibility index (Phi) is 27.9. The number of anilines is 4. The first-order valence-electron chi connectivity index (χ1n) is 17.4. The number of carbonyl (C=O) groups is 1. The molecule has 0 aliphatic rings. The maximum atomic E-state index is 13.4. The first kappa shape index (κ1) is 72.0. The number of Topliss-reactive ketones (excluding diaryl/α,β-unsaturated/α-hetero) is 1. The van der Waals surface area contributed by atoms with Crippen LogP contribution in [0.4, 0.5) is 34.6 Å². The fraction of sp³-hybridized carbons (Fsp3) is 0.156. The number of aliphatic imine (C=N–C) groups is 1. The summed E-state index contributed by atoms with van der Waals surface area (Å²) in [6.45, 7) is -0.187. The Morgan fingerprint density at radius 1 is 0.712 bits per heavy atom. The number of methoxy groups -OCH3 is 1. The Balaban J connectivity index is 0.0000104. The van der Waals surface area contributed by atoms with Crippen LogP contribution in [0.5, 0.6) is 5.75 Å². The van der Waals surface area contributed by atoms with Crippen LogP contribution in [0.15, 0.2) is 100 Å². The summed E-state index contributed by atoms with van der Waals surface area (Å²) in [5, 5.41) is 23.2. The number of sulfone groups is 1. The van der Waals surface area contributed by atoms with Crippen LogP contribution in [-0.4, -0.2) is 125 Å². The second-order valence-corrected chi connectivity index (χ2v) is 22.0. The number of fused-ring (bicyclic) bond motifs is 1. The van der Waals surface area contributed by atoms with Gasteiger partial charge in [0.2, 0.25) is 17.2 Å². The third kappa shape index (κ3) is 20.0. The topological polar surface area (TPSA) is 476 Å². The van der Waals surface area contributed by atoms with Crippen molar-refractivity contribution in [2.24, 2.45) is 15.2 Å². The normalized spacial score (nSPS) is 12.7. The minimum atomic E-state index is -5.67. The number of nitrogens with one attached hydrogen (secondary N) is 2. The maximum absolute atomic E-state index is 13.4. The third-order valence-electron chi connectivity index (χ3n) is 8.36. The zero-order valence-corrected chi connectivity index (χ0v) is 54.0. The van der Waals surface area contributed by atoms with E-state index in [-0.39, 0.29) is 164 Å². The smallest absolute Gasteiger partial charge is 0.860 e. The van der Waals surface area contributed by atoms with Gasteiger partial charge >= 0.3 is 158 Å². The number of ketones is 1. The first-order chi connectivity index (χ1) is 31.2. The minimum absolute atomic E-state index is 0. The average Bonchev–Trinajstić information content (AvgIpc) is 3.18. The van der Waals surface area contributed by atoms with Gasteiger partial charge in [0.05, 0.1) is 49.6 Å². The Bertz CT molecular complexity index is 3680. The second kappa shape index (κ2) is 28.3. The number of nitrogens with zero attached hydrogens (tertiary/aromatic N) is 6. The van der Waals surface area contributed by atoms with Gasteiger partial charge in [-0.3, -0.25) is 14.3 Å². The van der Waals surface area contributed by atoms with E-state index in [0.717, 1.165) is 32.2 Å². The van der Waals surface area contributed by atoms with Gasteiger partial charge in [0.1, 0.15) is 57.6 Å². The van der Waals surface area contributed by atoms with Crippen LogP contribution in [0.3, 0.4) is 0 Å². The molecule has 1 aromatic heterocycles. The fourth-order valence-electron chi connectivity index (χ4n) is 5.50. The Morgan fingerprint density at radius 3 is 1.81 bits per heavy atom. The van der Waals surface area contributed by atoms with Crippen molar-refractivity contribution in [2.75, 3.05) is 30.1 Å². The molecule has 73 heavy (non-hydrogen) atoms. The molecule has 1 atom stereocenters. The molecule has 4 aromatic carbocycles. The quantitative estimate of drug-likeness (QED) is 0.0227. The fourth-order valence-corrected chi connectivity index (χ4v) is 9.78. The molecular formula is C32H24ClN8Na5O21S6. The summed E-state index contributed by atoms with van der Waals surface area (Å²) in [6.07, 6.45) is 0. The molecule has 29 nitrogen and oxygen atoms in total. The van der Waals surface area contributed by atoms with Crippen molar-refractivity contribution in [2.45, 2.75) is 37.4 Å². The van der Waals surface area contributed by atoms with E-state index in [1.807, 2.05) is 0 Å². The van der Waals surface area contributed by atoms with Gasteiger partial charge in [-0.25, -0.2) is 46.3 Å². The molecule has 3 N–H and O–H groups in total. The maximum Gasteiger partial charge on any atom is 1.00 e. The third-order valence-corrected chi connectivity index (χ3v) is 14.1. The van der Waals surface area contributed by atoms with E-state index < -0.39 is 161 Å². The van der Waals surface area contributed by atoms with Gasteiger partial charge in [-0.05, 0) is 78.3 Å². The molecule has 0 amide bonds. The molecule has 1 heterocycles. The summed E-state index contributed by atoms with van der Waals surface area (Å²) in [6, 6.07) is 5.06. The summed E-state index contributed by atoms with van der Waals surface area (Å²) < 4.78 is 210. The van der Waals surface area contributed by atoms with Crippen molar-refractivity contribution in [3.05, 3.63) is 65.9 Å². The molecule has 0 saturated heterocycles. The summed E-state index contributed by atoms with van der Waals surface area (Å²) in [5.41, 5.74) is -2.54. The van der Waals surface area contributed by atoms with Crippen LogP contribution in [0.1, 0.15) is 6.92 Å². The van der Waals surface area contributed by atoms with Crippen LogP contribution < -0.4 is 168 Å². The van der Waals surface area contributed by atoms with Crippen molar-refractivity contribution in [1.29, 1.82) is 0 Å². The summed E-state index contributed by atoms with van der Waals surface area (Å²) in [7, 11) is -30.5. The van der Waals surface area contributed by atoms with E-state index in [2.05, 4.69) is 45.0 Å². The molecule has 0 spiro atoms. The monoisotopic (exact) mass is 1200 g/mol. The van der Waals surface area contributed by atoms with Crippen LogP contribution in [0.2, 0.25) is 5.28 Å². The van der Waals surface area contributed by atoms with Gasteiger partial charge in [0.25, 0.3) is 0 Å². The standard InChI is InChI=1S/C32H29ClN8O21S6.5Na/c1-15(42)28(41-40-23-12-20-16(9-26(23)66(52,53)54)8-19(64(46,47)48)11-25(20)65(49,50)51)29(43)35-21-14-27(67(55,56)57)22(13-24(21)61-2)36-32-38-30(33)37-31(39-32)34-17-4-3-5-18(10-17)63(44,45)7-6-62-68(58,59)60;;;;;/h3-5,8-14,28H,6-7H2,1-2H3,(H,35,43)(H,46,47,48)(H,49,50,51)(H,52,53,54)(H,55,56,57)(H,58,59,60)(H2,34,36,37,38,39);;;;;/q;5*+1/p-5. The summed E-state index contributed by atoms with van der Waals surface area (Å²) in [4.78, 5) is 22.2. The molecule has 0 aliphatic carbocycles. The van der Waals surface area contributed by atoms with Gasteiger partial charge in [-0.1, -0.05) is 6.07 Å². The number of hydrogen-bond acceptors (Lipinski definition) is 28. The average molecular weight is 1200 g/mol. The van der Waals surface area contributed by atoms with Crippen molar-refractivity contribution < 1.29 is 240 Å². The van der Waals surface area contributed by atoms with E-state index >= 15 is 0 Å². The summed E-state index contributed by atoms with van der Waals surface area (Å²) in [5.74, 6) is -5.19. The Hall–Kier alpha value is -0.960. The van der Waals surface area contributed by atoms with Crippen LogP contribution >= 0.6 is 11.6 Å². The van der Waals surface area contributed by atoms with Gasteiger partial charge in [-0.15, -0.1) is 0 Å². The van der Waals surface area contributed by atoms with Gasteiger partial charge in [-0.2, -0.15) is 33.6 Å². The molecule has 5 aromatic rings. The molecule has 41 heteroatoms. The van der Waals surface area contributed by atoms with Crippen LogP contribution in [0.25, 0.3) is 10.8 Å². The van der Waals surface area contributed by atoms with Crippen molar-refractivity contribution in [3.63, 3.8) is 0 Å². The number of rotatable bonds is 19. The van der Waals surface area contributed by atoms with E-state index in [4.69, 9.17) is 20.9 Å². The van der Waals surface area contributed by atoms with Gasteiger partial charge in [0, 0.05) is 17.1 Å². The predicted molar refractivity (Wildman–Crippen MR) is 222 cm³/mol. The number of aromatic nitrogens is 3. The minimum Gasteiger partial charge on any atom is -0.860 e. The molecule has 5 rings (SSSR count). The number of halogens is 1. The molecule has 0 bridgehead atoms. The van der Waals surface area contributed by atoms with E-state index in [9.17, 15) is 78.6 Å². The zero-order chi connectivity index (χ0) is 50.9. The SMILES string of the molecule is COc1cc(Nc2nc(Cl)nc(Nc3cccc(S(=O)(=O)CCOS(=O)(=O)O)c3)n2)c(S(=O)(=O)[O-])cc1N=C([O-])C(N=Nc1cc2c(S(=O)(=O)[O-])cc(S(=O)(=O)[O-])cc2cc1S(=O)(=O)[O-])C(C)=O.[Na+].[Na+].[Na+].[Na+].[Na+]. The molecule has 0 fully saturated rings. The van der Waals surface area contributed by atoms with E-state index in [1.165, 1.54) is 12.1 Å². The van der Waals surface area contributed by atoms with Crippen LogP contribution in [-0.2, 0) is 69.7 Å².